The summed E-state index contributed by atoms with van der Waals surface area (Å²) in [4.78, 5) is 11.9. The van der Waals surface area contributed by atoms with E-state index in [1.165, 1.54) is 0 Å². The van der Waals surface area contributed by atoms with Gasteiger partial charge in [0.1, 0.15) is 12.5 Å². The van der Waals surface area contributed by atoms with Gasteiger partial charge in [-0.3, -0.25) is 0 Å². The van der Waals surface area contributed by atoms with Gasteiger partial charge in [-0.25, -0.2) is 4.39 Å². The van der Waals surface area contributed by atoms with E-state index in [1.807, 2.05) is 0 Å². The number of alkyl halides is 1. The second-order valence-electron chi connectivity index (χ2n) is 2.48. The Morgan fingerprint density at radius 2 is 2.44 bits per heavy atom. The zero-order valence-electron chi connectivity index (χ0n) is 5.38. The molecule has 1 heterocycles. The molecule has 0 aromatic carbocycles. The average Bonchev–Trinajstić information content (AvgIpc) is 2.10. The van der Waals surface area contributed by atoms with Crippen molar-refractivity contribution in [2.45, 2.75) is 18.6 Å². The van der Waals surface area contributed by atoms with Crippen molar-refractivity contribution in [2.75, 3.05) is 6.54 Å². The summed E-state index contributed by atoms with van der Waals surface area (Å²) in [5, 5.41) is 0. The maximum absolute atomic E-state index is 12.4. The number of carbonyl (C=O) groups is 1. The summed E-state index contributed by atoms with van der Waals surface area (Å²) in [6.07, 6.45) is 0.379. The molecule has 0 aliphatic carbocycles. The smallest absolute Gasteiger partial charge is 0.186 e. The van der Waals surface area contributed by atoms with Crippen LogP contribution in [0.25, 0.3) is 0 Å². The van der Waals surface area contributed by atoms with Gasteiger partial charge in [-0.1, -0.05) is 0 Å². The van der Waals surface area contributed by atoms with E-state index in [2.05, 4.69) is 0 Å². The first-order valence-electron chi connectivity index (χ1n) is 3.03. The Kier molecular flexibility index (Phi) is 1.85. The zero-order chi connectivity index (χ0) is 6.85. The van der Waals surface area contributed by atoms with Crippen LogP contribution in [0, 0.1) is 0 Å². The Morgan fingerprint density at radius 3 is 2.67 bits per heavy atom. The van der Waals surface area contributed by atoms with E-state index >= 15 is 0 Å². The van der Waals surface area contributed by atoms with Crippen molar-refractivity contribution in [1.82, 2.24) is 4.81 Å². The fraction of sp³-hybridized carbons (Fsp3) is 0.800. The van der Waals surface area contributed by atoms with Crippen LogP contribution in [0.15, 0.2) is 0 Å². The third-order valence-electron chi connectivity index (χ3n) is 1.71. The molecule has 0 N–H and O–H groups in total. The van der Waals surface area contributed by atoms with Crippen molar-refractivity contribution in [3.63, 3.8) is 0 Å². The van der Waals surface area contributed by atoms with Gasteiger partial charge in [0.2, 0.25) is 0 Å². The van der Waals surface area contributed by atoms with Gasteiger partial charge in [0, 0.05) is 13.0 Å². The molecule has 1 rings (SSSR count). The highest BCUT2D eigenvalue weighted by molar-refractivity contribution is 6.06. The van der Waals surface area contributed by atoms with Crippen molar-refractivity contribution in [3.8, 4) is 0 Å². The van der Waals surface area contributed by atoms with Crippen molar-refractivity contribution < 1.29 is 9.18 Å². The zero-order valence-corrected chi connectivity index (χ0v) is 5.38. The lowest BCUT2D eigenvalue weighted by Crippen LogP contribution is -2.27. The minimum Gasteiger partial charge on any atom is -0.338 e. The summed E-state index contributed by atoms with van der Waals surface area (Å²) >= 11 is 0. The molecule has 1 saturated heterocycles. The first-order chi connectivity index (χ1) is 4.24. The van der Waals surface area contributed by atoms with Crippen molar-refractivity contribution in [1.29, 1.82) is 0 Å². The summed E-state index contributed by atoms with van der Waals surface area (Å²) in [7, 11) is 1.76. The molecule has 0 bridgehead atoms. The minimum atomic E-state index is -0.801. The Labute approximate surface area is 54.5 Å². The highest BCUT2D eigenvalue weighted by Crippen LogP contribution is 2.15. The number of carbonyl (C=O) groups excluding carboxylic acids is 1. The first-order valence-corrected chi connectivity index (χ1v) is 3.03. The van der Waals surface area contributed by atoms with E-state index in [0.717, 1.165) is 6.29 Å². The van der Waals surface area contributed by atoms with Crippen LogP contribution in [0.3, 0.4) is 0 Å². The number of hydrogen-bond acceptors (Lipinski definition) is 2. The highest BCUT2D eigenvalue weighted by atomic mass is 19.1. The largest absolute Gasteiger partial charge is 0.338 e. The summed E-state index contributed by atoms with van der Waals surface area (Å²) in [5.74, 6) is 0. The maximum atomic E-state index is 12.4. The van der Waals surface area contributed by atoms with Crippen LogP contribution in [0.2, 0.25) is 0 Å². The van der Waals surface area contributed by atoms with E-state index < -0.39 is 6.17 Å². The number of nitrogens with zero attached hydrogens (tertiary/aromatic N) is 1. The molecule has 1 fully saturated rings. The molecule has 1 aliphatic rings. The van der Waals surface area contributed by atoms with Crippen LogP contribution in [-0.4, -0.2) is 37.8 Å². The molecule has 4 heteroatoms. The Hall–Kier alpha value is -0.375. The summed E-state index contributed by atoms with van der Waals surface area (Å²) in [6.45, 7) is 0.406. The van der Waals surface area contributed by atoms with Crippen molar-refractivity contribution in [2.24, 2.45) is 0 Å². The fourth-order valence-electron chi connectivity index (χ4n) is 1.12. The van der Waals surface area contributed by atoms with Crippen LogP contribution in [0.1, 0.15) is 6.42 Å². The number of rotatable bonds is 1. The van der Waals surface area contributed by atoms with Crippen LogP contribution in [0.4, 0.5) is 4.39 Å². The molecule has 0 amide bonds. The fourth-order valence-corrected chi connectivity index (χ4v) is 1.12. The Morgan fingerprint density at radius 1 is 1.78 bits per heavy atom. The van der Waals surface area contributed by atoms with E-state index in [4.69, 9.17) is 0 Å². The van der Waals surface area contributed by atoms with Crippen LogP contribution >= 0.6 is 0 Å². The van der Waals surface area contributed by atoms with Gasteiger partial charge in [-0.15, -0.1) is 0 Å². The van der Waals surface area contributed by atoms with Gasteiger partial charge >= 0.3 is 0 Å². The second kappa shape index (κ2) is 2.48. The highest BCUT2D eigenvalue weighted by Gasteiger charge is 2.27. The van der Waals surface area contributed by atoms with Gasteiger partial charge < -0.3 is 9.61 Å². The monoisotopic (exact) mass is 129 g/mol. The van der Waals surface area contributed by atoms with Gasteiger partial charge in [0.15, 0.2) is 7.98 Å². The Bertz CT molecular complexity index is 122. The second-order valence-corrected chi connectivity index (χ2v) is 2.48. The molecule has 2 nitrogen and oxygen atoms in total. The molecule has 1 aliphatic heterocycles. The van der Waals surface area contributed by atoms with Crippen molar-refractivity contribution >= 4 is 14.3 Å². The topological polar surface area (TPSA) is 20.3 Å². The molecular formula is C5H9BFNO. The Balaban J connectivity index is 2.47. The van der Waals surface area contributed by atoms with Crippen LogP contribution in [-0.2, 0) is 4.79 Å². The third kappa shape index (κ3) is 1.30. The third-order valence-corrected chi connectivity index (χ3v) is 1.71. The minimum absolute atomic E-state index is 0.181. The van der Waals surface area contributed by atoms with E-state index in [1.54, 1.807) is 12.8 Å². The van der Waals surface area contributed by atoms with Crippen molar-refractivity contribution in [3.05, 3.63) is 0 Å². The van der Waals surface area contributed by atoms with Gasteiger partial charge in [-0.05, 0) is 0 Å². The normalized spacial score (nSPS) is 37.0. The summed E-state index contributed by atoms with van der Waals surface area (Å²) < 4.78 is 12.4. The van der Waals surface area contributed by atoms with Crippen LogP contribution in [0.5, 0.6) is 0 Å². The predicted molar refractivity (Wildman–Crippen MR) is 34.6 cm³/mol. The van der Waals surface area contributed by atoms with Gasteiger partial charge in [-0.2, -0.15) is 0 Å². The summed E-state index contributed by atoms with van der Waals surface area (Å²) in [6, 6.07) is -0.181. The lowest BCUT2D eigenvalue weighted by molar-refractivity contribution is -0.110. The van der Waals surface area contributed by atoms with Crippen LogP contribution < -0.4 is 0 Å². The summed E-state index contributed by atoms with van der Waals surface area (Å²) in [5.41, 5.74) is 0. The molecule has 0 aromatic heterocycles. The van der Waals surface area contributed by atoms with Gasteiger partial charge in [0.25, 0.3) is 0 Å². The van der Waals surface area contributed by atoms with E-state index in [0.29, 0.717) is 13.0 Å². The molecule has 0 saturated carbocycles. The van der Waals surface area contributed by atoms with Gasteiger partial charge in [0.05, 0.1) is 6.04 Å². The predicted octanol–water partition coefficient (Wildman–Crippen LogP) is -0.854. The average molecular weight is 129 g/mol. The standard InChI is InChI=1S/C5H9BFNO/c6-8-2-4(7)1-5(8)3-9/h3-5H,1-2,6H2/t4-,5+/m1/s1. The lowest BCUT2D eigenvalue weighted by Gasteiger charge is -2.10. The number of halogens is 1. The van der Waals surface area contributed by atoms with E-state index in [9.17, 15) is 9.18 Å². The first kappa shape index (κ1) is 6.74. The maximum Gasteiger partial charge on any atom is 0.186 e. The van der Waals surface area contributed by atoms with E-state index in [-0.39, 0.29) is 6.04 Å². The molecule has 0 unspecified atom stereocenters. The molecule has 0 spiro atoms. The SMILES string of the molecule is BN1C[C@H](F)C[C@H]1C=O. The number of hydrogen-bond donors (Lipinski definition) is 0. The molecule has 0 aromatic rings. The molecule has 2 atom stereocenters. The molecular weight excluding hydrogens is 120 g/mol. The quantitative estimate of drug-likeness (QED) is 0.339. The molecule has 9 heavy (non-hydrogen) atoms. The molecule has 0 radical (unpaired) electrons. The lowest BCUT2D eigenvalue weighted by atomic mass is 10.2. The number of aldehydes is 1. The molecule has 50 valence electrons.